The molecule has 22 heavy (non-hydrogen) atoms. The van der Waals surface area contributed by atoms with Gasteiger partial charge in [-0.15, -0.1) is 0 Å². The van der Waals surface area contributed by atoms with E-state index in [1.54, 1.807) is 4.98 Å². The number of nitrogens with zero attached hydrogens (tertiary/aromatic N) is 1. The zero-order valence-electron chi connectivity index (χ0n) is 10.7. The Kier molecular flexibility index (Phi) is 4.63. The molecule has 13 heteroatoms. The summed E-state index contributed by atoms with van der Waals surface area (Å²) < 4.78 is 34.1. The van der Waals surface area contributed by atoms with E-state index in [2.05, 4.69) is 4.52 Å². The van der Waals surface area contributed by atoms with Gasteiger partial charge in [-0.3, -0.25) is 18.9 Å². The summed E-state index contributed by atoms with van der Waals surface area (Å²) in [5.41, 5.74) is -2.45. The Balaban J connectivity index is 2.47. The Morgan fingerprint density at radius 2 is 2.09 bits per heavy atom. The minimum absolute atomic E-state index is 0.439. The van der Waals surface area contributed by atoms with Gasteiger partial charge in [0.05, 0.1) is 12.8 Å². The standard InChI is InChI=1S/C9H12FN2O9P/c10-3-1-12(9(16)11-7(3)15)8-6(21-22(17,18)19)5(14)4(2-13)20-8/h1,4-6,8,13-14H,2H2,(H,11,15,16)(H2,17,18,19)/t4-,5-,6-,8-/m1/s1. The number of hydrogen-bond donors (Lipinski definition) is 5. The lowest BCUT2D eigenvalue weighted by Crippen LogP contribution is -2.39. The third-order valence-electron chi connectivity index (χ3n) is 2.95. The van der Waals surface area contributed by atoms with Crippen LogP contribution in [0.5, 0.6) is 0 Å². The van der Waals surface area contributed by atoms with Crippen molar-refractivity contribution >= 4 is 7.82 Å². The highest BCUT2D eigenvalue weighted by Gasteiger charge is 2.48. The van der Waals surface area contributed by atoms with Crippen LogP contribution in [0.25, 0.3) is 0 Å². The average molecular weight is 342 g/mol. The van der Waals surface area contributed by atoms with Gasteiger partial charge in [0, 0.05) is 0 Å². The second-order valence-electron chi connectivity index (χ2n) is 4.44. The van der Waals surface area contributed by atoms with Crippen molar-refractivity contribution in [3.8, 4) is 0 Å². The third-order valence-corrected chi connectivity index (χ3v) is 3.47. The van der Waals surface area contributed by atoms with Crippen molar-refractivity contribution in [2.75, 3.05) is 6.61 Å². The fourth-order valence-electron chi connectivity index (χ4n) is 2.01. The predicted molar refractivity (Wildman–Crippen MR) is 65.2 cm³/mol. The largest absolute Gasteiger partial charge is 0.470 e. The van der Waals surface area contributed by atoms with Crippen molar-refractivity contribution < 1.29 is 38.2 Å². The molecule has 0 amide bonds. The van der Waals surface area contributed by atoms with Crippen LogP contribution < -0.4 is 11.2 Å². The highest BCUT2D eigenvalue weighted by molar-refractivity contribution is 7.46. The van der Waals surface area contributed by atoms with Gasteiger partial charge in [0.15, 0.2) is 6.23 Å². The van der Waals surface area contributed by atoms with E-state index < -0.39 is 56.0 Å². The van der Waals surface area contributed by atoms with Gasteiger partial charge in [0.1, 0.15) is 18.3 Å². The number of phosphoric acid groups is 1. The summed E-state index contributed by atoms with van der Waals surface area (Å²) in [6, 6.07) is 0. The fraction of sp³-hybridized carbons (Fsp3) is 0.556. The van der Waals surface area contributed by atoms with E-state index in [0.717, 1.165) is 0 Å². The van der Waals surface area contributed by atoms with Gasteiger partial charge in [-0.05, 0) is 0 Å². The van der Waals surface area contributed by atoms with Gasteiger partial charge in [-0.1, -0.05) is 0 Å². The minimum atomic E-state index is -5.09. The average Bonchev–Trinajstić information content (AvgIpc) is 2.69. The van der Waals surface area contributed by atoms with Gasteiger partial charge < -0.3 is 24.7 Å². The smallest absolute Gasteiger partial charge is 0.394 e. The van der Waals surface area contributed by atoms with Crippen LogP contribution in [0.1, 0.15) is 6.23 Å². The van der Waals surface area contributed by atoms with Crippen molar-refractivity contribution in [3.05, 3.63) is 32.9 Å². The predicted octanol–water partition coefficient (Wildman–Crippen LogP) is -2.60. The third kappa shape index (κ3) is 3.33. The number of phosphoric ester groups is 1. The van der Waals surface area contributed by atoms with E-state index in [9.17, 15) is 23.7 Å². The molecule has 0 aromatic carbocycles. The van der Waals surface area contributed by atoms with Gasteiger partial charge >= 0.3 is 13.5 Å². The van der Waals surface area contributed by atoms with Gasteiger partial charge in [-0.2, -0.15) is 4.39 Å². The molecule has 1 aromatic heterocycles. The number of aromatic amines is 1. The Bertz CT molecular complexity index is 712. The summed E-state index contributed by atoms with van der Waals surface area (Å²) in [5, 5.41) is 18.9. The normalized spacial score (nSPS) is 29.0. The quantitative estimate of drug-likeness (QED) is 0.368. The molecular weight excluding hydrogens is 330 g/mol. The lowest BCUT2D eigenvalue weighted by atomic mass is 10.1. The summed E-state index contributed by atoms with van der Waals surface area (Å²) in [6.07, 6.45) is -6.04. The number of rotatable bonds is 4. The molecule has 0 saturated carbocycles. The summed E-state index contributed by atoms with van der Waals surface area (Å²) in [7, 11) is -5.09. The number of aliphatic hydroxyl groups excluding tert-OH is 2. The Labute approximate surface area is 120 Å². The van der Waals surface area contributed by atoms with Gasteiger partial charge in [-0.25, -0.2) is 9.36 Å². The summed E-state index contributed by atoms with van der Waals surface area (Å²) in [4.78, 5) is 41.9. The number of halogens is 1. The topological polar surface area (TPSA) is 171 Å². The van der Waals surface area contributed by atoms with Gasteiger partial charge in [0.25, 0.3) is 5.56 Å². The number of nitrogens with one attached hydrogen (secondary N) is 1. The molecule has 124 valence electrons. The van der Waals surface area contributed by atoms with E-state index in [4.69, 9.17) is 19.6 Å². The number of ether oxygens (including phenoxy) is 1. The molecule has 1 aliphatic rings. The molecule has 1 fully saturated rings. The maximum absolute atomic E-state index is 13.3. The SMILES string of the molecule is O=c1[nH]c(=O)n([C@@H]2O[C@H](CO)[C@@H](O)[C@H]2OP(=O)(O)O)cc1F. The van der Waals surface area contributed by atoms with Crippen LogP contribution in [0.3, 0.4) is 0 Å². The lowest BCUT2D eigenvalue weighted by molar-refractivity contribution is -0.0548. The molecule has 2 heterocycles. The van der Waals surface area contributed by atoms with Crippen LogP contribution in [-0.4, -0.2) is 54.5 Å². The monoisotopic (exact) mass is 342 g/mol. The maximum atomic E-state index is 13.3. The summed E-state index contributed by atoms with van der Waals surface area (Å²) in [5.74, 6) is -1.36. The Hall–Kier alpha value is -1.40. The fourth-order valence-corrected chi connectivity index (χ4v) is 2.56. The second kappa shape index (κ2) is 6.01. The highest BCUT2D eigenvalue weighted by Crippen LogP contribution is 2.44. The van der Waals surface area contributed by atoms with E-state index >= 15 is 0 Å². The molecule has 0 radical (unpaired) electrons. The molecule has 1 aliphatic heterocycles. The van der Waals surface area contributed by atoms with Crippen LogP contribution in [-0.2, 0) is 13.8 Å². The molecule has 0 unspecified atom stereocenters. The molecule has 11 nitrogen and oxygen atoms in total. The van der Waals surface area contributed by atoms with E-state index in [1.807, 2.05) is 0 Å². The van der Waals surface area contributed by atoms with Crippen molar-refractivity contribution in [3.63, 3.8) is 0 Å². The number of H-pyrrole nitrogens is 1. The molecule has 2 rings (SSSR count). The molecule has 0 spiro atoms. The molecule has 1 saturated heterocycles. The van der Waals surface area contributed by atoms with Crippen molar-refractivity contribution in [2.45, 2.75) is 24.5 Å². The Morgan fingerprint density at radius 1 is 1.45 bits per heavy atom. The molecular formula is C9H12FN2O9P. The molecule has 0 bridgehead atoms. The molecule has 4 atom stereocenters. The first kappa shape index (κ1) is 17.0. The van der Waals surface area contributed by atoms with Crippen LogP contribution in [0.2, 0.25) is 0 Å². The van der Waals surface area contributed by atoms with E-state index in [1.165, 1.54) is 0 Å². The molecule has 0 aliphatic carbocycles. The van der Waals surface area contributed by atoms with Crippen LogP contribution in [0, 0.1) is 5.82 Å². The first-order chi connectivity index (χ1) is 10.1. The summed E-state index contributed by atoms with van der Waals surface area (Å²) in [6.45, 7) is -0.751. The minimum Gasteiger partial charge on any atom is -0.394 e. The number of aliphatic hydroxyl groups is 2. The first-order valence-corrected chi connectivity index (χ1v) is 7.36. The second-order valence-corrected chi connectivity index (χ2v) is 5.63. The van der Waals surface area contributed by atoms with Gasteiger partial charge in [0.2, 0.25) is 5.82 Å². The van der Waals surface area contributed by atoms with E-state index in [-0.39, 0.29) is 0 Å². The van der Waals surface area contributed by atoms with Crippen LogP contribution in [0.4, 0.5) is 4.39 Å². The zero-order valence-corrected chi connectivity index (χ0v) is 11.6. The van der Waals surface area contributed by atoms with Crippen molar-refractivity contribution in [1.29, 1.82) is 0 Å². The maximum Gasteiger partial charge on any atom is 0.470 e. The highest BCUT2D eigenvalue weighted by atomic mass is 31.2. The molecule has 5 N–H and O–H groups in total. The number of hydrogen-bond acceptors (Lipinski definition) is 7. The van der Waals surface area contributed by atoms with Crippen molar-refractivity contribution in [1.82, 2.24) is 9.55 Å². The van der Waals surface area contributed by atoms with E-state index in [0.29, 0.717) is 10.8 Å². The van der Waals surface area contributed by atoms with Crippen LogP contribution >= 0.6 is 7.82 Å². The lowest BCUT2D eigenvalue weighted by Gasteiger charge is -2.22. The first-order valence-electron chi connectivity index (χ1n) is 5.83. The zero-order chi connectivity index (χ0) is 16.7. The van der Waals surface area contributed by atoms with Crippen molar-refractivity contribution in [2.24, 2.45) is 0 Å². The summed E-state index contributed by atoms with van der Waals surface area (Å²) >= 11 is 0. The molecule has 1 aromatic rings. The Morgan fingerprint density at radius 3 is 2.64 bits per heavy atom. The van der Waals surface area contributed by atoms with Crippen LogP contribution in [0.15, 0.2) is 15.8 Å². The number of aromatic nitrogens is 2.